The van der Waals surface area contributed by atoms with Crippen LogP contribution in [0.3, 0.4) is 0 Å². The fraction of sp³-hybridized carbons (Fsp3) is 0.667. The van der Waals surface area contributed by atoms with Gasteiger partial charge in [0.25, 0.3) is 0 Å². The average Bonchev–Trinajstić information content (AvgIpc) is 2.37. The molecule has 1 aromatic heterocycles. The molecule has 1 N–H and O–H groups in total. The summed E-state index contributed by atoms with van der Waals surface area (Å²) in [6, 6.07) is 0. The second-order valence-electron chi connectivity index (χ2n) is 2.10. The van der Waals surface area contributed by atoms with E-state index in [0.29, 0.717) is 24.8 Å². The molecule has 5 heteroatoms. The van der Waals surface area contributed by atoms with Gasteiger partial charge in [-0.25, -0.2) is 4.39 Å². The normalized spacial score (nSPS) is 10.4. The van der Waals surface area contributed by atoms with Crippen molar-refractivity contribution in [3.63, 3.8) is 0 Å². The predicted molar refractivity (Wildman–Crippen MR) is 36.7 cm³/mol. The van der Waals surface area contributed by atoms with Crippen LogP contribution >= 0.6 is 0 Å². The lowest BCUT2D eigenvalue weighted by Crippen LogP contribution is -2.16. The molecule has 1 rings (SSSR count). The van der Waals surface area contributed by atoms with Gasteiger partial charge in [-0.3, -0.25) is 0 Å². The van der Waals surface area contributed by atoms with Crippen molar-refractivity contribution in [3.8, 4) is 0 Å². The SMILES string of the molecule is Cc1noc(CNCCF)n1. The van der Waals surface area contributed by atoms with Crippen LogP contribution < -0.4 is 5.32 Å². The number of halogens is 1. The number of rotatable bonds is 4. The number of nitrogens with zero attached hydrogens (tertiary/aromatic N) is 2. The van der Waals surface area contributed by atoms with Gasteiger partial charge in [0.2, 0.25) is 5.89 Å². The lowest BCUT2D eigenvalue weighted by Gasteiger charge is -1.93. The Morgan fingerprint density at radius 2 is 2.45 bits per heavy atom. The minimum Gasteiger partial charge on any atom is -0.338 e. The number of nitrogens with one attached hydrogen (secondary N) is 1. The molecule has 0 bridgehead atoms. The quantitative estimate of drug-likeness (QED) is 0.647. The molecule has 0 fully saturated rings. The fourth-order valence-corrected chi connectivity index (χ4v) is 0.674. The van der Waals surface area contributed by atoms with E-state index >= 15 is 0 Å². The van der Waals surface area contributed by atoms with Crippen LogP contribution in [0.2, 0.25) is 0 Å². The van der Waals surface area contributed by atoms with Crippen LogP contribution in [0, 0.1) is 6.92 Å². The molecule has 0 spiro atoms. The van der Waals surface area contributed by atoms with E-state index in [1.54, 1.807) is 6.92 Å². The molecule has 0 saturated carbocycles. The molecule has 4 nitrogen and oxygen atoms in total. The van der Waals surface area contributed by atoms with Crippen LogP contribution in [-0.4, -0.2) is 23.4 Å². The molecule has 0 aliphatic carbocycles. The number of hydrogen-bond donors (Lipinski definition) is 1. The van der Waals surface area contributed by atoms with Gasteiger partial charge < -0.3 is 9.84 Å². The van der Waals surface area contributed by atoms with Crippen molar-refractivity contribution in [1.82, 2.24) is 15.5 Å². The molecular weight excluding hydrogens is 149 g/mol. The van der Waals surface area contributed by atoms with Crippen LogP contribution in [0.25, 0.3) is 0 Å². The largest absolute Gasteiger partial charge is 0.338 e. The zero-order valence-corrected chi connectivity index (χ0v) is 6.30. The maximum absolute atomic E-state index is 11.6. The van der Waals surface area contributed by atoms with Crippen molar-refractivity contribution in [1.29, 1.82) is 0 Å². The topological polar surface area (TPSA) is 51.0 Å². The van der Waals surface area contributed by atoms with E-state index in [1.165, 1.54) is 0 Å². The summed E-state index contributed by atoms with van der Waals surface area (Å²) < 4.78 is 16.3. The third-order valence-electron chi connectivity index (χ3n) is 1.12. The molecule has 0 radical (unpaired) electrons. The molecule has 0 atom stereocenters. The first-order valence-corrected chi connectivity index (χ1v) is 3.39. The van der Waals surface area contributed by atoms with Gasteiger partial charge in [-0.15, -0.1) is 0 Å². The maximum atomic E-state index is 11.6. The highest BCUT2D eigenvalue weighted by atomic mass is 19.1. The summed E-state index contributed by atoms with van der Waals surface area (Å²) in [6.07, 6.45) is 0. The Morgan fingerprint density at radius 1 is 1.64 bits per heavy atom. The van der Waals surface area contributed by atoms with Crippen LogP contribution in [0.1, 0.15) is 11.7 Å². The van der Waals surface area contributed by atoms with Crippen LogP contribution in [0.15, 0.2) is 4.52 Å². The molecular formula is C6H10FN3O. The van der Waals surface area contributed by atoms with Crippen molar-refractivity contribution in [3.05, 3.63) is 11.7 Å². The van der Waals surface area contributed by atoms with E-state index in [-0.39, 0.29) is 6.67 Å². The molecule has 11 heavy (non-hydrogen) atoms. The van der Waals surface area contributed by atoms with E-state index < -0.39 is 0 Å². The van der Waals surface area contributed by atoms with Gasteiger partial charge in [-0.2, -0.15) is 4.98 Å². The Kier molecular flexibility index (Phi) is 2.97. The summed E-state index contributed by atoms with van der Waals surface area (Å²) in [5.74, 6) is 1.10. The third kappa shape index (κ3) is 2.63. The van der Waals surface area contributed by atoms with Gasteiger partial charge >= 0.3 is 0 Å². The van der Waals surface area contributed by atoms with Crippen LogP contribution in [0.4, 0.5) is 4.39 Å². The average molecular weight is 159 g/mol. The van der Waals surface area contributed by atoms with Crippen molar-refractivity contribution in [2.24, 2.45) is 0 Å². The van der Waals surface area contributed by atoms with E-state index in [0.717, 1.165) is 0 Å². The Bertz CT molecular complexity index is 213. The summed E-state index contributed by atoms with van der Waals surface area (Å²) in [5.41, 5.74) is 0. The van der Waals surface area contributed by atoms with Gasteiger partial charge in [0.15, 0.2) is 5.82 Å². The van der Waals surface area contributed by atoms with Gasteiger partial charge in [0.1, 0.15) is 6.67 Å². The molecule has 1 heterocycles. The lowest BCUT2D eigenvalue weighted by atomic mass is 10.6. The molecule has 0 aliphatic heterocycles. The minimum absolute atomic E-state index is 0.321. The highest BCUT2D eigenvalue weighted by molar-refractivity contribution is 4.81. The highest BCUT2D eigenvalue weighted by Crippen LogP contribution is 1.93. The van der Waals surface area contributed by atoms with Crippen molar-refractivity contribution in [2.75, 3.05) is 13.2 Å². The molecule has 0 saturated heterocycles. The summed E-state index contributed by atoms with van der Waals surface area (Å²) >= 11 is 0. The van der Waals surface area contributed by atoms with Gasteiger partial charge in [-0.05, 0) is 6.92 Å². The van der Waals surface area contributed by atoms with Crippen molar-refractivity contribution >= 4 is 0 Å². The molecule has 1 aromatic rings. The fourth-order valence-electron chi connectivity index (χ4n) is 0.674. The number of aryl methyl sites for hydroxylation is 1. The molecule has 0 amide bonds. The van der Waals surface area contributed by atoms with E-state index in [9.17, 15) is 4.39 Å². The predicted octanol–water partition coefficient (Wildman–Crippen LogP) is 0.437. The lowest BCUT2D eigenvalue weighted by molar-refractivity contribution is 0.359. The third-order valence-corrected chi connectivity index (χ3v) is 1.12. The van der Waals surface area contributed by atoms with E-state index in [1.807, 2.05) is 0 Å². The van der Waals surface area contributed by atoms with Gasteiger partial charge in [-0.1, -0.05) is 5.16 Å². The summed E-state index contributed by atoms with van der Waals surface area (Å²) in [7, 11) is 0. The minimum atomic E-state index is -0.382. The van der Waals surface area contributed by atoms with Gasteiger partial charge in [0.05, 0.1) is 6.54 Å². The Hall–Kier alpha value is -0.970. The first-order chi connectivity index (χ1) is 5.33. The first-order valence-electron chi connectivity index (χ1n) is 3.39. The van der Waals surface area contributed by atoms with Crippen LogP contribution in [0.5, 0.6) is 0 Å². The van der Waals surface area contributed by atoms with Crippen molar-refractivity contribution < 1.29 is 8.91 Å². The van der Waals surface area contributed by atoms with Crippen LogP contribution in [-0.2, 0) is 6.54 Å². The second kappa shape index (κ2) is 4.02. The number of aromatic nitrogens is 2. The second-order valence-corrected chi connectivity index (χ2v) is 2.10. The molecule has 0 aromatic carbocycles. The standard InChI is InChI=1S/C6H10FN3O/c1-5-9-6(11-10-5)4-8-3-2-7/h8H,2-4H2,1H3. The maximum Gasteiger partial charge on any atom is 0.240 e. The number of alkyl halides is 1. The smallest absolute Gasteiger partial charge is 0.240 e. The molecule has 62 valence electrons. The summed E-state index contributed by atoms with van der Waals surface area (Å²) in [5, 5.41) is 6.37. The molecule has 0 unspecified atom stereocenters. The zero-order valence-electron chi connectivity index (χ0n) is 6.30. The highest BCUT2D eigenvalue weighted by Gasteiger charge is 1.99. The summed E-state index contributed by atoms with van der Waals surface area (Å²) in [6.45, 7) is 2.11. The monoisotopic (exact) mass is 159 g/mol. The Balaban J connectivity index is 2.27. The zero-order chi connectivity index (χ0) is 8.10. The number of hydrogen-bond acceptors (Lipinski definition) is 4. The van der Waals surface area contributed by atoms with Crippen molar-refractivity contribution in [2.45, 2.75) is 13.5 Å². The van der Waals surface area contributed by atoms with E-state index in [2.05, 4.69) is 15.5 Å². The Morgan fingerprint density at radius 3 is 3.00 bits per heavy atom. The Labute approximate surface area is 63.8 Å². The molecule has 0 aliphatic rings. The van der Waals surface area contributed by atoms with E-state index in [4.69, 9.17) is 4.52 Å². The summed E-state index contributed by atoms with van der Waals surface area (Å²) in [4.78, 5) is 3.92. The first kappa shape index (κ1) is 8.13. The van der Waals surface area contributed by atoms with Gasteiger partial charge in [0, 0.05) is 6.54 Å².